The third-order valence-corrected chi connectivity index (χ3v) is 2.84. The Morgan fingerprint density at radius 2 is 1.63 bits per heavy atom. The molecule has 2 aromatic rings. The van der Waals surface area contributed by atoms with E-state index in [9.17, 15) is 4.79 Å². The Morgan fingerprint density at radius 1 is 1.05 bits per heavy atom. The molecule has 0 radical (unpaired) electrons. The van der Waals surface area contributed by atoms with E-state index in [4.69, 9.17) is 10.5 Å². The molecule has 0 saturated heterocycles. The maximum atomic E-state index is 11.0. The summed E-state index contributed by atoms with van der Waals surface area (Å²) < 4.78 is 5.74. The molecular weight excluding hydrogens is 238 g/mol. The van der Waals surface area contributed by atoms with Gasteiger partial charge in [0, 0.05) is 5.56 Å². The van der Waals surface area contributed by atoms with Gasteiger partial charge >= 0.3 is 0 Å². The zero-order valence-corrected chi connectivity index (χ0v) is 11.1. The Bertz CT molecular complexity index is 568. The number of carbonyl (C=O) groups excluding carboxylic acids is 1. The van der Waals surface area contributed by atoms with Crippen molar-refractivity contribution in [3.05, 3.63) is 64.7 Å². The first-order valence-electron chi connectivity index (χ1n) is 6.14. The fourth-order valence-electron chi connectivity index (χ4n) is 1.95. The normalized spacial score (nSPS) is 10.2. The van der Waals surface area contributed by atoms with Crippen LogP contribution >= 0.6 is 0 Å². The van der Waals surface area contributed by atoms with E-state index in [0.717, 1.165) is 11.3 Å². The van der Waals surface area contributed by atoms with Crippen LogP contribution in [0.15, 0.2) is 42.5 Å². The average molecular weight is 255 g/mol. The van der Waals surface area contributed by atoms with Crippen molar-refractivity contribution in [2.75, 3.05) is 0 Å². The van der Waals surface area contributed by atoms with Gasteiger partial charge < -0.3 is 10.5 Å². The summed E-state index contributed by atoms with van der Waals surface area (Å²) in [5.74, 6) is 0.443. The van der Waals surface area contributed by atoms with E-state index in [1.807, 2.05) is 38.1 Å². The largest absolute Gasteiger partial charge is 0.489 e. The van der Waals surface area contributed by atoms with Gasteiger partial charge in [-0.1, -0.05) is 18.2 Å². The molecule has 3 nitrogen and oxygen atoms in total. The molecule has 19 heavy (non-hydrogen) atoms. The smallest absolute Gasteiger partial charge is 0.248 e. The van der Waals surface area contributed by atoms with Crippen molar-refractivity contribution in [1.82, 2.24) is 0 Å². The molecule has 2 rings (SSSR count). The molecule has 2 N–H and O–H groups in total. The molecule has 0 heterocycles. The SMILES string of the molecule is Cc1cc(C)cc(OCc2ccc(C(N)=O)cc2)c1. The lowest BCUT2D eigenvalue weighted by Crippen LogP contribution is -2.10. The van der Waals surface area contributed by atoms with Crippen molar-refractivity contribution in [3.8, 4) is 5.75 Å². The summed E-state index contributed by atoms with van der Waals surface area (Å²) in [5, 5.41) is 0. The molecule has 98 valence electrons. The first kappa shape index (κ1) is 13.1. The third-order valence-electron chi connectivity index (χ3n) is 2.84. The fourth-order valence-corrected chi connectivity index (χ4v) is 1.95. The molecule has 0 atom stereocenters. The Balaban J connectivity index is 2.03. The van der Waals surface area contributed by atoms with Crippen LogP contribution in [0.25, 0.3) is 0 Å². The molecule has 0 unspecified atom stereocenters. The predicted octanol–water partition coefficient (Wildman–Crippen LogP) is 2.98. The molecule has 1 amide bonds. The van der Waals surface area contributed by atoms with Gasteiger partial charge in [0.2, 0.25) is 5.91 Å². The summed E-state index contributed by atoms with van der Waals surface area (Å²) in [4.78, 5) is 11.0. The van der Waals surface area contributed by atoms with Gasteiger partial charge in [0.15, 0.2) is 0 Å². The Morgan fingerprint density at radius 3 is 2.16 bits per heavy atom. The number of nitrogens with two attached hydrogens (primary N) is 1. The van der Waals surface area contributed by atoms with E-state index in [1.54, 1.807) is 12.1 Å². The maximum Gasteiger partial charge on any atom is 0.248 e. The number of primary amides is 1. The van der Waals surface area contributed by atoms with E-state index >= 15 is 0 Å². The minimum atomic E-state index is -0.415. The minimum Gasteiger partial charge on any atom is -0.489 e. The number of ether oxygens (including phenoxy) is 1. The second-order valence-corrected chi connectivity index (χ2v) is 4.67. The van der Waals surface area contributed by atoms with E-state index in [0.29, 0.717) is 12.2 Å². The molecule has 0 bridgehead atoms. The number of rotatable bonds is 4. The molecule has 0 aromatic heterocycles. The van der Waals surface area contributed by atoms with Gasteiger partial charge in [-0.15, -0.1) is 0 Å². The van der Waals surface area contributed by atoms with Crippen LogP contribution < -0.4 is 10.5 Å². The van der Waals surface area contributed by atoms with Crippen molar-refractivity contribution < 1.29 is 9.53 Å². The Kier molecular flexibility index (Phi) is 3.85. The van der Waals surface area contributed by atoms with Gasteiger partial charge in [-0.3, -0.25) is 4.79 Å². The Hall–Kier alpha value is -2.29. The van der Waals surface area contributed by atoms with Gasteiger partial charge in [-0.2, -0.15) is 0 Å². The van der Waals surface area contributed by atoms with Crippen LogP contribution in [0.3, 0.4) is 0 Å². The minimum absolute atomic E-state index is 0.415. The maximum absolute atomic E-state index is 11.0. The van der Waals surface area contributed by atoms with E-state index in [2.05, 4.69) is 6.07 Å². The number of hydrogen-bond acceptors (Lipinski definition) is 2. The summed E-state index contributed by atoms with van der Waals surface area (Å²) in [7, 11) is 0. The predicted molar refractivity (Wildman–Crippen MR) is 75.2 cm³/mol. The molecule has 0 saturated carbocycles. The lowest BCUT2D eigenvalue weighted by atomic mass is 10.1. The van der Waals surface area contributed by atoms with Crippen molar-refractivity contribution >= 4 is 5.91 Å². The lowest BCUT2D eigenvalue weighted by Gasteiger charge is -2.08. The van der Waals surface area contributed by atoms with Crippen LogP contribution in [0.2, 0.25) is 0 Å². The molecule has 0 spiro atoms. The number of aryl methyl sites for hydroxylation is 2. The summed E-state index contributed by atoms with van der Waals surface area (Å²) >= 11 is 0. The van der Waals surface area contributed by atoms with Gasteiger partial charge in [0.25, 0.3) is 0 Å². The molecule has 2 aromatic carbocycles. The number of benzene rings is 2. The van der Waals surface area contributed by atoms with E-state index < -0.39 is 5.91 Å². The van der Waals surface area contributed by atoms with Gasteiger partial charge in [0.1, 0.15) is 12.4 Å². The van der Waals surface area contributed by atoms with Crippen LogP contribution in [0.4, 0.5) is 0 Å². The molecular formula is C16H17NO2. The highest BCUT2D eigenvalue weighted by atomic mass is 16.5. The van der Waals surface area contributed by atoms with Crippen LogP contribution in [0.1, 0.15) is 27.0 Å². The molecule has 0 aliphatic heterocycles. The average Bonchev–Trinajstić information content (AvgIpc) is 2.36. The number of carbonyl (C=O) groups is 1. The second kappa shape index (κ2) is 5.57. The van der Waals surface area contributed by atoms with Gasteiger partial charge in [-0.25, -0.2) is 0 Å². The van der Waals surface area contributed by atoms with Crippen molar-refractivity contribution in [2.24, 2.45) is 5.73 Å². The standard InChI is InChI=1S/C16H17NO2/c1-11-7-12(2)9-15(8-11)19-10-13-3-5-14(6-4-13)16(17)18/h3-9H,10H2,1-2H3,(H2,17,18). The highest BCUT2D eigenvalue weighted by Gasteiger charge is 2.01. The van der Waals surface area contributed by atoms with Crippen LogP contribution in [-0.2, 0) is 6.61 Å². The Labute approximate surface area is 113 Å². The molecule has 0 fully saturated rings. The highest BCUT2D eigenvalue weighted by molar-refractivity contribution is 5.92. The van der Waals surface area contributed by atoms with Crippen LogP contribution in [0.5, 0.6) is 5.75 Å². The summed E-state index contributed by atoms with van der Waals surface area (Å²) in [5.41, 5.74) is 9.06. The summed E-state index contributed by atoms with van der Waals surface area (Å²) in [6.07, 6.45) is 0. The highest BCUT2D eigenvalue weighted by Crippen LogP contribution is 2.17. The van der Waals surface area contributed by atoms with Crippen LogP contribution in [0, 0.1) is 13.8 Å². The topological polar surface area (TPSA) is 52.3 Å². The number of amides is 1. The van der Waals surface area contributed by atoms with Crippen molar-refractivity contribution in [3.63, 3.8) is 0 Å². The van der Waals surface area contributed by atoms with Crippen molar-refractivity contribution in [1.29, 1.82) is 0 Å². The lowest BCUT2D eigenvalue weighted by molar-refractivity contribution is 0.1000. The quantitative estimate of drug-likeness (QED) is 0.913. The van der Waals surface area contributed by atoms with E-state index in [-0.39, 0.29) is 0 Å². The summed E-state index contributed by atoms with van der Waals surface area (Å²) in [6, 6.07) is 13.2. The van der Waals surface area contributed by atoms with Gasteiger partial charge in [0.05, 0.1) is 0 Å². The summed E-state index contributed by atoms with van der Waals surface area (Å²) in [6.45, 7) is 4.56. The molecule has 3 heteroatoms. The second-order valence-electron chi connectivity index (χ2n) is 4.67. The van der Waals surface area contributed by atoms with E-state index in [1.165, 1.54) is 11.1 Å². The monoisotopic (exact) mass is 255 g/mol. The van der Waals surface area contributed by atoms with Crippen molar-refractivity contribution in [2.45, 2.75) is 20.5 Å². The first-order chi connectivity index (χ1) is 9.04. The molecule has 0 aliphatic carbocycles. The zero-order chi connectivity index (χ0) is 13.8. The van der Waals surface area contributed by atoms with Crippen LogP contribution in [-0.4, -0.2) is 5.91 Å². The zero-order valence-electron chi connectivity index (χ0n) is 11.1. The first-order valence-corrected chi connectivity index (χ1v) is 6.14. The number of hydrogen-bond donors (Lipinski definition) is 1. The third kappa shape index (κ3) is 3.58. The molecule has 0 aliphatic rings. The fraction of sp³-hybridized carbons (Fsp3) is 0.188. The van der Waals surface area contributed by atoms with Gasteiger partial charge in [-0.05, 0) is 54.8 Å².